The molecule has 0 aliphatic heterocycles. The molecule has 7 heteroatoms. The fourth-order valence-electron chi connectivity index (χ4n) is 1.21. The Bertz CT molecular complexity index is 530. The van der Waals surface area contributed by atoms with Gasteiger partial charge in [0.2, 0.25) is 0 Å². The predicted octanol–water partition coefficient (Wildman–Crippen LogP) is 1.62. The van der Waals surface area contributed by atoms with E-state index in [4.69, 9.17) is 0 Å². The predicted molar refractivity (Wildman–Crippen MR) is 59.5 cm³/mol. The maximum Gasteiger partial charge on any atom is 0.183 e. The van der Waals surface area contributed by atoms with Gasteiger partial charge in [0, 0.05) is 0 Å². The van der Waals surface area contributed by atoms with Crippen LogP contribution in [0.5, 0.6) is 5.75 Å². The van der Waals surface area contributed by atoms with E-state index in [1.165, 1.54) is 6.33 Å². The van der Waals surface area contributed by atoms with Crippen LogP contribution >= 0.6 is 11.8 Å². The van der Waals surface area contributed by atoms with Gasteiger partial charge in [-0.1, -0.05) is 11.8 Å². The Morgan fingerprint density at radius 3 is 3.06 bits per heavy atom. The summed E-state index contributed by atoms with van der Waals surface area (Å²) in [7, 11) is 0. The van der Waals surface area contributed by atoms with Crippen LogP contribution in [-0.2, 0) is 0 Å². The average Bonchev–Trinajstić information content (AvgIpc) is 2.82. The average molecular weight is 253 g/mol. The summed E-state index contributed by atoms with van der Waals surface area (Å²) >= 11 is 1.13. The lowest BCUT2D eigenvalue weighted by molar-refractivity contribution is 0.101. The number of thioether (sulfide) groups is 1. The van der Waals surface area contributed by atoms with Crippen molar-refractivity contribution in [1.29, 1.82) is 0 Å². The van der Waals surface area contributed by atoms with Crippen LogP contribution in [0.15, 0.2) is 29.7 Å². The molecule has 88 valence electrons. The summed E-state index contributed by atoms with van der Waals surface area (Å²) in [5.74, 6) is -1.11. The minimum atomic E-state index is -0.559. The van der Waals surface area contributed by atoms with Crippen molar-refractivity contribution in [3.63, 3.8) is 0 Å². The molecule has 0 saturated heterocycles. The third kappa shape index (κ3) is 2.82. The molecule has 1 aromatic heterocycles. The molecule has 1 heterocycles. The van der Waals surface area contributed by atoms with E-state index in [0.29, 0.717) is 5.16 Å². The number of aromatic amines is 1. The molecule has 0 unspecified atom stereocenters. The highest BCUT2D eigenvalue weighted by Gasteiger charge is 2.13. The summed E-state index contributed by atoms with van der Waals surface area (Å²) in [6, 6.07) is 3.26. The third-order valence-corrected chi connectivity index (χ3v) is 2.87. The van der Waals surface area contributed by atoms with E-state index < -0.39 is 5.82 Å². The van der Waals surface area contributed by atoms with Crippen LogP contribution in [0, 0.1) is 5.82 Å². The van der Waals surface area contributed by atoms with Gasteiger partial charge in [-0.05, 0) is 18.2 Å². The molecule has 17 heavy (non-hydrogen) atoms. The van der Waals surface area contributed by atoms with E-state index in [9.17, 15) is 14.3 Å². The Morgan fingerprint density at radius 1 is 1.53 bits per heavy atom. The van der Waals surface area contributed by atoms with E-state index in [2.05, 4.69) is 15.2 Å². The van der Waals surface area contributed by atoms with Crippen molar-refractivity contribution in [3.05, 3.63) is 35.9 Å². The first-order chi connectivity index (χ1) is 8.16. The van der Waals surface area contributed by atoms with Gasteiger partial charge in [0.15, 0.2) is 10.9 Å². The van der Waals surface area contributed by atoms with Crippen molar-refractivity contribution >= 4 is 17.5 Å². The quantitative estimate of drug-likeness (QED) is 0.639. The largest absolute Gasteiger partial charge is 0.507 e. The third-order valence-electron chi connectivity index (χ3n) is 1.99. The van der Waals surface area contributed by atoms with Gasteiger partial charge in [-0.2, -0.15) is 5.10 Å². The number of carbonyl (C=O) groups excluding carboxylic acids is 1. The molecular formula is C10H8FN3O2S. The molecule has 1 aromatic carbocycles. The van der Waals surface area contributed by atoms with Gasteiger partial charge in [-0.25, -0.2) is 9.37 Å². The van der Waals surface area contributed by atoms with E-state index in [1.54, 1.807) is 0 Å². The highest BCUT2D eigenvalue weighted by molar-refractivity contribution is 7.99. The number of phenolic OH excluding ortho intramolecular Hbond substituents is 1. The molecular weight excluding hydrogens is 245 g/mol. The van der Waals surface area contributed by atoms with Crippen LogP contribution in [0.2, 0.25) is 0 Å². The van der Waals surface area contributed by atoms with Crippen molar-refractivity contribution in [3.8, 4) is 5.75 Å². The smallest absolute Gasteiger partial charge is 0.183 e. The number of aromatic nitrogens is 3. The number of phenols is 1. The molecule has 0 bridgehead atoms. The van der Waals surface area contributed by atoms with E-state index >= 15 is 0 Å². The van der Waals surface area contributed by atoms with Crippen LogP contribution in [0.3, 0.4) is 0 Å². The van der Waals surface area contributed by atoms with Gasteiger partial charge in [-0.3, -0.25) is 9.89 Å². The number of Topliss-reactive ketones (excluding diaryl/α,β-unsaturated/α-hetero) is 1. The normalized spacial score (nSPS) is 10.4. The minimum Gasteiger partial charge on any atom is -0.507 e. The summed E-state index contributed by atoms with van der Waals surface area (Å²) in [5, 5.41) is 16.1. The van der Waals surface area contributed by atoms with Crippen molar-refractivity contribution in [2.45, 2.75) is 5.16 Å². The molecule has 0 saturated carbocycles. The Labute approximate surface area is 100 Å². The molecule has 0 amide bonds. The number of hydrogen-bond acceptors (Lipinski definition) is 5. The zero-order chi connectivity index (χ0) is 12.3. The molecule has 0 radical (unpaired) electrons. The standard InChI is InChI=1S/C10H8FN3O2S/c11-6-1-2-8(15)7(3-6)9(16)4-17-10-12-5-13-14-10/h1-3,5,15H,4H2,(H,12,13,14). The van der Waals surface area contributed by atoms with Crippen molar-refractivity contribution in [2.24, 2.45) is 0 Å². The molecule has 0 atom stereocenters. The second kappa shape index (κ2) is 4.96. The van der Waals surface area contributed by atoms with Crippen molar-refractivity contribution < 1.29 is 14.3 Å². The molecule has 0 aliphatic carbocycles. The van der Waals surface area contributed by atoms with Gasteiger partial charge in [0.1, 0.15) is 17.9 Å². The van der Waals surface area contributed by atoms with Crippen molar-refractivity contribution in [2.75, 3.05) is 5.75 Å². The summed E-state index contributed by atoms with van der Waals surface area (Å²) in [4.78, 5) is 15.5. The van der Waals surface area contributed by atoms with Gasteiger partial charge >= 0.3 is 0 Å². The van der Waals surface area contributed by atoms with E-state index in [1.807, 2.05) is 0 Å². The number of nitrogens with one attached hydrogen (secondary N) is 1. The number of aromatic hydroxyl groups is 1. The molecule has 2 aromatic rings. The Kier molecular flexibility index (Phi) is 3.38. The van der Waals surface area contributed by atoms with Crippen molar-refractivity contribution in [1.82, 2.24) is 15.2 Å². The monoisotopic (exact) mass is 253 g/mol. The first kappa shape index (κ1) is 11.6. The summed E-state index contributed by atoms with van der Waals surface area (Å²) in [6.07, 6.45) is 1.33. The number of carbonyl (C=O) groups is 1. The lowest BCUT2D eigenvalue weighted by Gasteiger charge is -2.02. The maximum absolute atomic E-state index is 12.9. The fourth-order valence-corrected chi connectivity index (χ4v) is 1.87. The second-order valence-corrected chi connectivity index (χ2v) is 4.13. The van der Waals surface area contributed by atoms with Gasteiger partial charge < -0.3 is 5.11 Å². The van der Waals surface area contributed by atoms with E-state index in [0.717, 1.165) is 30.0 Å². The van der Waals surface area contributed by atoms with Crippen LogP contribution in [0.4, 0.5) is 4.39 Å². The van der Waals surface area contributed by atoms with Gasteiger partial charge in [0.05, 0.1) is 11.3 Å². The Balaban J connectivity index is 2.07. The highest BCUT2D eigenvalue weighted by Crippen LogP contribution is 2.21. The number of benzene rings is 1. The van der Waals surface area contributed by atoms with Gasteiger partial charge in [0.25, 0.3) is 0 Å². The Hall–Kier alpha value is -1.89. The number of H-pyrrole nitrogens is 1. The minimum absolute atomic E-state index is 0.0305. The lowest BCUT2D eigenvalue weighted by Crippen LogP contribution is -2.03. The zero-order valence-corrected chi connectivity index (χ0v) is 9.37. The molecule has 0 fully saturated rings. The number of halogens is 1. The molecule has 5 nitrogen and oxygen atoms in total. The fraction of sp³-hybridized carbons (Fsp3) is 0.100. The number of nitrogens with zero attached hydrogens (tertiary/aromatic N) is 2. The van der Waals surface area contributed by atoms with Crippen LogP contribution < -0.4 is 0 Å². The molecule has 2 rings (SSSR count). The number of rotatable bonds is 4. The lowest BCUT2D eigenvalue weighted by atomic mass is 10.1. The molecule has 0 spiro atoms. The molecule has 0 aliphatic rings. The van der Waals surface area contributed by atoms with Gasteiger partial charge in [-0.15, -0.1) is 0 Å². The van der Waals surface area contributed by atoms with Crippen LogP contribution in [0.25, 0.3) is 0 Å². The Morgan fingerprint density at radius 2 is 2.35 bits per heavy atom. The first-order valence-electron chi connectivity index (χ1n) is 4.66. The summed E-state index contributed by atoms with van der Waals surface area (Å²) < 4.78 is 12.9. The van der Waals surface area contributed by atoms with Crippen LogP contribution in [-0.4, -0.2) is 31.8 Å². The zero-order valence-electron chi connectivity index (χ0n) is 8.55. The first-order valence-corrected chi connectivity index (χ1v) is 5.65. The number of ketones is 1. The maximum atomic E-state index is 12.9. The summed E-state index contributed by atoms with van der Waals surface area (Å²) in [5.41, 5.74) is -0.0305. The van der Waals surface area contributed by atoms with E-state index in [-0.39, 0.29) is 22.8 Å². The number of hydrogen-bond donors (Lipinski definition) is 2. The highest BCUT2D eigenvalue weighted by atomic mass is 32.2. The summed E-state index contributed by atoms with van der Waals surface area (Å²) in [6.45, 7) is 0. The second-order valence-electron chi connectivity index (χ2n) is 3.16. The SMILES string of the molecule is O=C(CSc1ncn[nH]1)c1cc(F)ccc1O. The van der Waals surface area contributed by atoms with Crippen LogP contribution in [0.1, 0.15) is 10.4 Å². The topological polar surface area (TPSA) is 78.9 Å². The molecule has 2 N–H and O–H groups in total.